The van der Waals surface area contributed by atoms with Crippen molar-refractivity contribution in [2.45, 2.75) is 131 Å². The summed E-state index contributed by atoms with van der Waals surface area (Å²) in [5, 5.41) is 3.76. The van der Waals surface area contributed by atoms with Crippen LogP contribution in [0.5, 0.6) is 0 Å². The molecule has 11 nitrogen and oxygen atoms in total. The molecule has 2 fully saturated rings. The number of halogens is 4. The molecule has 17 heteroatoms. The van der Waals surface area contributed by atoms with Crippen LogP contribution in [0.3, 0.4) is 0 Å². The number of ether oxygens (including phenoxy) is 1. The number of anilines is 1. The maximum atomic E-state index is 11.9. The van der Waals surface area contributed by atoms with Gasteiger partial charge in [0.05, 0.1) is 25.3 Å². The summed E-state index contributed by atoms with van der Waals surface area (Å²) in [5.41, 5.74) is 10.4. The molecule has 4 N–H and O–H groups in total. The minimum absolute atomic E-state index is 0. The monoisotopic (exact) mass is 1080 g/mol. The molecule has 0 bridgehead atoms. The van der Waals surface area contributed by atoms with E-state index in [4.69, 9.17) is 22.2 Å². The van der Waals surface area contributed by atoms with E-state index >= 15 is 0 Å². The van der Waals surface area contributed by atoms with E-state index in [1.807, 2.05) is 59.9 Å². The Labute approximate surface area is 410 Å². The van der Waals surface area contributed by atoms with Gasteiger partial charge in [0, 0.05) is 66.4 Å². The molecule has 0 spiro atoms. The molecule has 1 atom stereocenters. The van der Waals surface area contributed by atoms with E-state index in [-0.39, 0.29) is 117 Å². The van der Waals surface area contributed by atoms with Gasteiger partial charge in [-0.2, -0.15) is 13.2 Å². The number of benzene rings is 2. The van der Waals surface area contributed by atoms with Crippen LogP contribution in [0.4, 0.5) is 23.7 Å². The summed E-state index contributed by atoms with van der Waals surface area (Å²) in [6.07, 6.45) is 2.64. The van der Waals surface area contributed by atoms with Gasteiger partial charge in [0.15, 0.2) is 0 Å². The second kappa shape index (κ2) is 32.0. The summed E-state index contributed by atoms with van der Waals surface area (Å²) in [6, 6.07) is 10.9. The molecule has 3 aliphatic rings. The van der Waals surface area contributed by atoms with Gasteiger partial charge < -0.3 is 36.4 Å². The number of likely N-dealkylation sites (N-methyl/N-ethyl adjacent to an activating group) is 1. The van der Waals surface area contributed by atoms with E-state index in [9.17, 15) is 27.6 Å². The van der Waals surface area contributed by atoms with Crippen LogP contribution in [0, 0.1) is 36.5 Å². The second-order valence-corrected chi connectivity index (χ2v) is 15.3. The molecule has 1 unspecified atom stereocenters. The fraction of sp³-hybridized carbons (Fsp3) is 0.625. The number of rotatable bonds is 5. The van der Waals surface area contributed by atoms with Gasteiger partial charge in [-0.3, -0.25) is 14.6 Å². The normalized spacial score (nSPS) is 15.3. The number of amides is 2. The van der Waals surface area contributed by atoms with Crippen molar-refractivity contribution in [2.24, 2.45) is 5.41 Å². The molecular formula is C40H65ClF3KN5O6U-. The van der Waals surface area contributed by atoms with E-state index in [0.29, 0.717) is 36.0 Å². The zero-order valence-electron chi connectivity index (χ0n) is 36.1. The Balaban J connectivity index is -0.000000307. The SMILES string of the molecule is CC.CC(C)(C)CCC=O.CN1CCCC1C(=O)NC1CC1.COC(=O)N1Cc2cccc(Cl)c2C1.C[N-]OC(C)(C)C.Nc1cccc(C(F)(F)F)c1.[K+].[OH-].[U]. The smallest absolute Gasteiger partial charge is 0.870 e. The maximum Gasteiger partial charge on any atom is 1.00 e. The Bertz CT molecular complexity index is 1410. The Hall–Kier alpha value is -0.742. The quantitative estimate of drug-likeness (QED) is 0.146. The second-order valence-electron chi connectivity index (χ2n) is 14.9. The number of hydrogen-bond acceptors (Lipinski definition) is 8. The van der Waals surface area contributed by atoms with Crippen molar-refractivity contribution in [3.8, 4) is 0 Å². The predicted octanol–water partition coefficient (Wildman–Crippen LogP) is 6.65. The summed E-state index contributed by atoms with van der Waals surface area (Å²) >= 11 is 6.00. The average Bonchev–Trinajstić information content (AvgIpc) is 3.61. The molecule has 2 amide bonds. The van der Waals surface area contributed by atoms with Crippen molar-refractivity contribution in [2.75, 3.05) is 33.5 Å². The Morgan fingerprint density at radius 3 is 1.95 bits per heavy atom. The number of hydrogen-bond donors (Lipinski definition) is 2. The number of nitrogens with one attached hydrogen (secondary N) is 1. The first-order valence-corrected chi connectivity index (χ1v) is 18.7. The first-order chi connectivity index (χ1) is 25.1. The summed E-state index contributed by atoms with van der Waals surface area (Å²) in [7, 11) is 5.04. The molecule has 1 saturated heterocycles. The van der Waals surface area contributed by atoms with Gasteiger partial charge in [-0.25, -0.2) is 4.79 Å². The van der Waals surface area contributed by atoms with Crippen molar-refractivity contribution < 1.29 is 125 Å². The zero-order chi connectivity index (χ0) is 41.7. The van der Waals surface area contributed by atoms with Gasteiger partial charge >= 0.3 is 63.7 Å². The van der Waals surface area contributed by atoms with Crippen molar-refractivity contribution in [1.82, 2.24) is 15.1 Å². The predicted molar refractivity (Wildman–Crippen MR) is 214 cm³/mol. The fourth-order valence-corrected chi connectivity index (χ4v) is 5.14. The van der Waals surface area contributed by atoms with E-state index in [2.05, 4.69) is 41.2 Å². The van der Waals surface area contributed by atoms with Gasteiger partial charge in [0.1, 0.15) is 6.29 Å². The molecule has 1 aliphatic carbocycles. The minimum atomic E-state index is -4.30. The average molecular weight is 1080 g/mol. The minimum Gasteiger partial charge on any atom is -0.870 e. The Morgan fingerprint density at radius 2 is 1.60 bits per heavy atom. The molecule has 2 aromatic carbocycles. The van der Waals surface area contributed by atoms with Gasteiger partial charge in [-0.1, -0.05) is 64.4 Å². The van der Waals surface area contributed by atoms with Gasteiger partial charge in [0.2, 0.25) is 5.91 Å². The Kier molecular flexibility index (Phi) is 35.4. The maximum absolute atomic E-state index is 11.9. The van der Waals surface area contributed by atoms with Crippen LogP contribution in [-0.2, 0) is 38.4 Å². The molecule has 320 valence electrons. The van der Waals surface area contributed by atoms with Crippen LogP contribution in [0.15, 0.2) is 42.5 Å². The molecule has 57 heavy (non-hydrogen) atoms. The number of likely N-dealkylation sites (tertiary alicyclic amines) is 1. The molecule has 5 rings (SSSR count). The van der Waals surface area contributed by atoms with Crippen molar-refractivity contribution in [3.63, 3.8) is 0 Å². The number of carbonyl (C=O) groups excluding carboxylic acids is 3. The number of carbonyl (C=O) groups is 3. The topological polar surface area (TPSA) is 158 Å². The van der Waals surface area contributed by atoms with E-state index in [0.717, 1.165) is 48.9 Å². The van der Waals surface area contributed by atoms with Crippen molar-refractivity contribution in [1.29, 1.82) is 0 Å². The number of fused-ring (bicyclic) bond motifs is 1. The standard InChI is InChI=1S/C10H10ClNO2.C9H16N2O.C7H6F3N.C7H14O.C5H12NO.C2H6.K.H2O.U/c1-14-10(13)12-5-7-3-2-4-9(11)8(7)6-12;1-11-6-2-3-8(11)9(12)10-7-4-5-7;8-7(9,10)5-2-1-3-6(11)4-5;1-7(2,3)5-4-6-8;1-5(2,3)7-6-4;1-2;;;/h2-4H,5-6H2,1H3;7-8H,2-6H2,1H3,(H,10,12);1-4H,11H2;6H,4-5H2,1-3H3;1-4H3;1-2H3;;1H2;/q;;;;-1;;+1;;/p-1. The number of alkyl halides is 3. The van der Waals surface area contributed by atoms with Crippen LogP contribution in [0.2, 0.25) is 5.02 Å². The van der Waals surface area contributed by atoms with Gasteiger partial charge in [-0.05, 0) is 107 Å². The third-order valence-electron chi connectivity index (χ3n) is 7.70. The third kappa shape index (κ3) is 29.2. The van der Waals surface area contributed by atoms with E-state index < -0.39 is 11.7 Å². The fourth-order valence-electron chi connectivity index (χ4n) is 4.89. The van der Waals surface area contributed by atoms with Crippen LogP contribution in [0.1, 0.15) is 111 Å². The van der Waals surface area contributed by atoms with Gasteiger partial charge in [0.25, 0.3) is 0 Å². The van der Waals surface area contributed by atoms with Crippen LogP contribution < -0.4 is 62.4 Å². The number of hydroxylamine groups is 1. The van der Waals surface area contributed by atoms with E-state index in [1.54, 1.807) is 11.9 Å². The number of nitrogens with zero attached hydrogens (tertiary/aromatic N) is 3. The van der Waals surface area contributed by atoms with Crippen LogP contribution >= 0.6 is 11.6 Å². The molecule has 1 saturated carbocycles. The Morgan fingerprint density at radius 1 is 1.02 bits per heavy atom. The molecule has 0 aromatic heterocycles. The first kappa shape index (κ1) is 62.9. The number of nitrogen functional groups attached to an aromatic ring is 1. The molecular weight excluding hydrogens is 1020 g/mol. The third-order valence-corrected chi connectivity index (χ3v) is 8.05. The summed E-state index contributed by atoms with van der Waals surface area (Å²) in [6.45, 7) is 18.5. The summed E-state index contributed by atoms with van der Waals surface area (Å²) in [5.74, 6) is 0.248. The first-order valence-electron chi connectivity index (χ1n) is 18.3. The molecule has 2 aliphatic heterocycles. The summed E-state index contributed by atoms with van der Waals surface area (Å²) in [4.78, 5) is 41.3. The summed E-state index contributed by atoms with van der Waals surface area (Å²) < 4.78 is 40.4. The largest absolute Gasteiger partial charge is 1.00 e. The molecule has 0 radical (unpaired) electrons. The van der Waals surface area contributed by atoms with Crippen LogP contribution in [-0.4, -0.2) is 79.0 Å². The number of aldehydes is 1. The molecule has 2 aromatic rings. The van der Waals surface area contributed by atoms with Gasteiger partial charge in [-0.15, -0.1) is 7.05 Å². The number of nitrogens with two attached hydrogens (primary N) is 1. The van der Waals surface area contributed by atoms with Crippen LogP contribution in [0.25, 0.3) is 5.48 Å². The van der Waals surface area contributed by atoms with Crippen molar-refractivity contribution >= 4 is 35.6 Å². The number of methoxy groups -OCH3 is 1. The van der Waals surface area contributed by atoms with E-state index in [1.165, 1.54) is 38.5 Å². The van der Waals surface area contributed by atoms with Crippen molar-refractivity contribution in [3.05, 3.63) is 69.7 Å². The zero-order valence-corrected chi connectivity index (χ0v) is 44.1. The molecule has 2 heterocycles.